The van der Waals surface area contributed by atoms with Crippen LogP contribution in [0.3, 0.4) is 0 Å². The van der Waals surface area contributed by atoms with E-state index in [-0.39, 0.29) is 11.5 Å². The molecule has 29 heavy (non-hydrogen) atoms. The van der Waals surface area contributed by atoms with Gasteiger partial charge >= 0.3 is 0 Å². The van der Waals surface area contributed by atoms with Gasteiger partial charge in [0.2, 0.25) is 0 Å². The number of carbonyl (C=O) groups is 1. The van der Waals surface area contributed by atoms with E-state index in [0.29, 0.717) is 27.4 Å². The van der Waals surface area contributed by atoms with Gasteiger partial charge in [-0.15, -0.1) is 0 Å². The number of pyridine rings is 1. The quantitative estimate of drug-likeness (QED) is 0.612. The molecule has 2 heterocycles. The van der Waals surface area contributed by atoms with Crippen molar-refractivity contribution in [3.63, 3.8) is 0 Å². The van der Waals surface area contributed by atoms with E-state index in [1.807, 2.05) is 17.0 Å². The number of carbonyl (C=O) groups excluding carboxylic acids is 1. The summed E-state index contributed by atoms with van der Waals surface area (Å²) in [6.07, 6.45) is 3.70. The number of fused-ring (bicyclic) bond motifs is 1. The van der Waals surface area contributed by atoms with E-state index in [1.54, 1.807) is 42.6 Å². The fourth-order valence-corrected chi connectivity index (χ4v) is 3.62. The van der Waals surface area contributed by atoms with E-state index < -0.39 is 0 Å². The standard InChI is InChI=1S/C22H21ClN4O2/c23-16-5-8-20-15(11-16)12-18(21(28)26-20)19(24)13-25-17-6-3-14(4-7-17)22(29)27-9-1-2-10-27/h3-8,11-13,25H,1-2,9-10,24H2,(H,26,28)/b19-13-. The molecule has 148 valence electrons. The second-order valence-corrected chi connectivity index (χ2v) is 7.50. The zero-order chi connectivity index (χ0) is 20.4. The summed E-state index contributed by atoms with van der Waals surface area (Å²) in [6.45, 7) is 1.65. The van der Waals surface area contributed by atoms with Crippen molar-refractivity contribution in [3.05, 3.63) is 81.2 Å². The monoisotopic (exact) mass is 408 g/mol. The minimum absolute atomic E-state index is 0.0606. The third-order valence-electron chi connectivity index (χ3n) is 5.04. The molecular formula is C22H21ClN4O2. The van der Waals surface area contributed by atoms with E-state index in [0.717, 1.165) is 37.0 Å². The number of amides is 1. The number of likely N-dealkylation sites (tertiary alicyclic amines) is 1. The van der Waals surface area contributed by atoms with Crippen LogP contribution >= 0.6 is 11.6 Å². The Morgan fingerprint density at radius 1 is 1.10 bits per heavy atom. The molecule has 1 saturated heterocycles. The zero-order valence-corrected chi connectivity index (χ0v) is 16.5. The number of aromatic amines is 1. The van der Waals surface area contributed by atoms with Crippen molar-refractivity contribution in [2.75, 3.05) is 18.4 Å². The summed E-state index contributed by atoms with van der Waals surface area (Å²) in [4.78, 5) is 29.4. The van der Waals surface area contributed by atoms with E-state index in [2.05, 4.69) is 10.3 Å². The SMILES string of the molecule is N/C(=C\Nc1ccc(C(=O)N2CCCC2)cc1)c1cc2cc(Cl)ccc2[nH]c1=O. The molecule has 6 nitrogen and oxygen atoms in total. The van der Waals surface area contributed by atoms with Crippen molar-refractivity contribution in [1.29, 1.82) is 0 Å². The van der Waals surface area contributed by atoms with Crippen LogP contribution in [0.15, 0.2) is 59.5 Å². The number of hydrogen-bond acceptors (Lipinski definition) is 4. The first kappa shape index (κ1) is 19.1. The summed E-state index contributed by atoms with van der Waals surface area (Å²) in [5.74, 6) is 0.0606. The van der Waals surface area contributed by atoms with E-state index in [9.17, 15) is 9.59 Å². The first-order valence-electron chi connectivity index (χ1n) is 9.46. The molecule has 1 aliphatic heterocycles. The average Bonchev–Trinajstić information content (AvgIpc) is 3.26. The molecule has 0 spiro atoms. The minimum atomic E-state index is -0.276. The first-order chi connectivity index (χ1) is 14.0. The van der Waals surface area contributed by atoms with Gasteiger partial charge in [0.25, 0.3) is 11.5 Å². The lowest BCUT2D eigenvalue weighted by Crippen LogP contribution is -2.27. The summed E-state index contributed by atoms with van der Waals surface area (Å²) >= 11 is 6.03. The molecule has 1 fully saturated rings. The summed E-state index contributed by atoms with van der Waals surface area (Å²) in [5.41, 5.74) is 8.62. The van der Waals surface area contributed by atoms with E-state index in [1.165, 1.54) is 0 Å². The molecule has 7 heteroatoms. The number of H-pyrrole nitrogens is 1. The number of hydrogen-bond donors (Lipinski definition) is 3. The van der Waals surface area contributed by atoms with Crippen molar-refractivity contribution in [1.82, 2.24) is 9.88 Å². The molecule has 1 aliphatic rings. The summed E-state index contributed by atoms with van der Waals surface area (Å²) in [5, 5.41) is 4.46. The second kappa shape index (κ2) is 8.01. The lowest BCUT2D eigenvalue weighted by molar-refractivity contribution is 0.0793. The highest BCUT2D eigenvalue weighted by Gasteiger charge is 2.19. The van der Waals surface area contributed by atoms with Gasteiger partial charge in [0, 0.05) is 46.5 Å². The van der Waals surface area contributed by atoms with Gasteiger partial charge < -0.3 is 20.9 Å². The van der Waals surface area contributed by atoms with Gasteiger partial charge in [-0.3, -0.25) is 9.59 Å². The van der Waals surface area contributed by atoms with Crippen molar-refractivity contribution in [2.45, 2.75) is 12.8 Å². The van der Waals surface area contributed by atoms with Gasteiger partial charge in [0.15, 0.2) is 0 Å². The van der Waals surface area contributed by atoms with Crippen LogP contribution in [0.1, 0.15) is 28.8 Å². The van der Waals surface area contributed by atoms with Crippen LogP contribution in [0.5, 0.6) is 0 Å². The van der Waals surface area contributed by atoms with Crippen molar-refractivity contribution in [2.24, 2.45) is 5.73 Å². The third-order valence-corrected chi connectivity index (χ3v) is 5.27. The van der Waals surface area contributed by atoms with E-state index in [4.69, 9.17) is 17.3 Å². The average molecular weight is 409 g/mol. The van der Waals surface area contributed by atoms with Crippen LogP contribution in [0.2, 0.25) is 5.02 Å². The van der Waals surface area contributed by atoms with Crippen molar-refractivity contribution in [3.8, 4) is 0 Å². The summed E-state index contributed by atoms with van der Waals surface area (Å²) in [7, 11) is 0. The molecule has 3 aromatic rings. The van der Waals surface area contributed by atoms with Gasteiger partial charge in [-0.05, 0) is 61.4 Å². The Morgan fingerprint density at radius 2 is 1.83 bits per heavy atom. The Kier molecular flexibility index (Phi) is 5.27. The van der Waals surface area contributed by atoms with Gasteiger partial charge in [-0.1, -0.05) is 11.6 Å². The lowest BCUT2D eigenvalue weighted by atomic mass is 10.1. The molecule has 4 N–H and O–H groups in total. The number of nitrogens with zero attached hydrogens (tertiary/aromatic N) is 1. The number of rotatable bonds is 4. The lowest BCUT2D eigenvalue weighted by Gasteiger charge is -2.15. The molecule has 0 saturated carbocycles. The molecule has 0 unspecified atom stereocenters. The maximum atomic E-state index is 12.4. The van der Waals surface area contributed by atoms with Crippen LogP contribution in [-0.4, -0.2) is 28.9 Å². The smallest absolute Gasteiger partial charge is 0.257 e. The Morgan fingerprint density at radius 3 is 2.55 bits per heavy atom. The molecular weight excluding hydrogens is 388 g/mol. The number of aromatic nitrogens is 1. The molecule has 0 radical (unpaired) electrons. The molecule has 0 aliphatic carbocycles. The Balaban J connectivity index is 1.51. The number of halogens is 1. The van der Waals surface area contributed by atoms with Gasteiger partial charge in [-0.25, -0.2) is 0 Å². The fourth-order valence-electron chi connectivity index (χ4n) is 3.44. The van der Waals surface area contributed by atoms with Gasteiger partial charge in [0.1, 0.15) is 0 Å². The van der Waals surface area contributed by atoms with Crippen LogP contribution < -0.4 is 16.6 Å². The highest BCUT2D eigenvalue weighted by Crippen LogP contribution is 2.19. The van der Waals surface area contributed by atoms with Gasteiger partial charge in [-0.2, -0.15) is 0 Å². The highest BCUT2D eigenvalue weighted by atomic mass is 35.5. The van der Waals surface area contributed by atoms with E-state index >= 15 is 0 Å². The Hall–Kier alpha value is -3.25. The largest absolute Gasteiger partial charge is 0.397 e. The zero-order valence-electron chi connectivity index (χ0n) is 15.7. The fraction of sp³-hybridized carbons (Fsp3) is 0.182. The maximum absolute atomic E-state index is 12.4. The molecule has 4 rings (SSSR count). The first-order valence-corrected chi connectivity index (χ1v) is 9.83. The van der Waals surface area contributed by atoms with Crippen LogP contribution in [0.25, 0.3) is 16.6 Å². The summed E-state index contributed by atoms with van der Waals surface area (Å²) in [6, 6.07) is 14.2. The van der Waals surface area contributed by atoms with Gasteiger partial charge in [0.05, 0.1) is 11.3 Å². The molecule has 2 aromatic carbocycles. The predicted octanol–water partition coefficient (Wildman–Crippen LogP) is 3.79. The van der Waals surface area contributed by atoms with Crippen LogP contribution in [0.4, 0.5) is 5.69 Å². The minimum Gasteiger partial charge on any atom is -0.397 e. The summed E-state index contributed by atoms with van der Waals surface area (Å²) < 4.78 is 0. The molecule has 1 amide bonds. The Labute approximate surface area is 173 Å². The third kappa shape index (κ3) is 4.12. The molecule has 0 bridgehead atoms. The molecule has 1 aromatic heterocycles. The predicted molar refractivity (Wildman–Crippen MR) is 117 cm³/mol. The van der Waals surface area contributed by atoms with Crippen LogP contribution in [0, 0.1) is 0 Å². The van der Waals surface area contributed by atoms with Crippen molar-refractivity contribution >= 4 is 39.8 Å². The van der Waals surface area contributed by atoms with Crippen LogP contribution in [-0.2, 0) is 0 Å². The Bertz CT molecular complexity index is 1150. The number of nitrogens with two attached hydrogens (primary N) is 1. The topological polar surface area (TPSA) is 91.2 Å². The normalized spacial score (nSPS) is 14.4. The maximum Gasteiger partial charge on any atom is 0.257 e. The second-order valence-electron chi connectivity index (χ2n) is 7.06. The number of benzene rings is 2. The number of anilines is 1. The molecule has 0 atom stereocenters. The van der Waals surface area contributed by atoms with Crippen molar-refractivity contribution < 1.29 is 4.79 Å². The highest BCUT2D eigenvalue weighted by molar-refractivity contribution is 6.31. The number of nitrogens with one attached hydrogen (secondary N) is 2.